The van der Waals surface area contributed by atoms with Crippen molar-refractivity contribution in [1.82, 2.24) is 4.98 Å². The summed E-state index contributed by atoms with van der Waals surface area (Å²) in [6.07, 6.45) is 2.56. The van der Waals surface area contributed by atoms with Crippen molar-refractivity contribution in [2.45, 2.75) is 4.90 Å². The van der Waals surface area contributed by atoms with E-state index in [9.17, 15) is 8.42 Å². The molecule has 0 radical (unpaired) electrons. The fourth-order valence-corrected chi connectivity index (χ4v) is 2.15. The number of rotatable bonds is 3. The van der Waals surface area contributed by atoms with Crippen LogP contribution in [0.5, 0.6) is 11.6 Å². The Hall–Kier alpha value is -2.08. The molecule has 0 atom stereocenters. The number of nitrogens with zero attached hydrogens (tertiary/aromatic N) is 1. The number of ether oxygens (including phenoxy) is 1. The molecule has 0 saturated carbocycles. The maximum absolute atomic E-state index is 11.6. The fraction of sp³-hybridized carbons (Fsp3) is 0.0833. The smallest absolute Gasteiger partial charge is 0.238 e. The summed E-state index contributed by atoms with van der Waals surface area (Å²) in [5.74, 6) is 0.402. The van der Waals surface area contributed by atoms with Gasteiger partial charge in [-0.1, -0.05) is 12.1 Å². The molecular weight excluding hydrogens is 252 g/mol. The van der Waals surface area contributed by atoms with E-state index in [-0.39, 0.29) is 10.8 Å². The molecule has 18 heavy (non-hydrogen) atoms. The third-order valence-corrected chi connectivity index (χ3v) is 3.37. The van der Waals surface area contributed by atoms with Crippen LogP contribution in [0.2, 0.25) is 0 Å². The predicted molar refractivity (Wildman–Crippen MR) is 68.3 cm³/mol. The number of nitrogen functional groups attached to an aromatic ring is 1. The summed E-state index contributed by atoms with van der Waals surface area (Å²) in [5.41, 5.74) is 6.14. The maximum Gasteiger partial charge on any atom is 0.238 e. The Morgan fingerprint density at radius 1 is 1.17 bits per heavy atom. The first-order chi connectivity index (χ1) is 8.48. The van der Waals surface area contributed by atoms with Crippen molar-refractivity contribution in [3.05, 3.63) is 42.6 Å². The van der Waals surface area contributed by atoms with Crippen molar-refractivity contribution in [2.24, 2.45) is 0 Å². The molecule has 2 rings (SSSR count). The van der Waals surface area contributed by atoms with E-state index in [4.69, 9.17) is 10.5 Å². The van der Waals surface area contributed by atoms with Crippen LogP contribution in [-0.4, -0.2) is 19.7 Å². The Morgan fingerprint density at radius 3 is 2.56 bits per heavy atom. The zero-order valence-corrected chi connectivity index (χ0v) is 10.5. The minimum absolute atomic E-state index is 0.0258. The third kappa shape index (κ3) is 2.60. The number of para-hydroxylation sites is 2. The van der Waals surface area contributed by atoms with Crippen LogP contribution >= 0.6 is 0 Å². The molecule has 0 aliphatic heterocycles. The molecule has 0 bridgehead atoms. The molecule has 0 fully saturated rings. The van der Waals surface area contributed by atoms with Gasteiger partial charge in [-0.25, -0.2) is 13.4 Å². The van der Waals surface area contributed by atoms with Crippen LogP contribution in [-0.2, 0) is 9.84 Å². The average Bonchev–Trinajstić information content (AvgIpc) is 2.31. The van der Waals surface area contributed by atoms with Gasteiger partial charge in [-0.05, 0) is 24.3 Å². The van der Waals surface area contributed by atoms with E-state index in [2.05, 4.69) is 4.98 Å². The van der Waals surface area contributed by atoms with Gasteiger partial charge in [0.25, 0.3) is 0 Å². The molecule has 0 aliphatic carbocycles. The highest BCUT2D eigenvalue weighted by Gasteiger charge is 2.16. The first-order valence-corrected chi connectivity index (χ1v) is 7.05. The van der Waals surface area contributed by atoms with Gasteiger partial charge >= 0.3 is 0 Å². The summed E-state index contributed by atoms with van der Waals surface area (Å²) >= 11 is 0. The molecule has 0 aliphatic rings. The van der Waals surface area contributed by atoms with Crippen LogP contribution in [0.3, 0.4) is 0 Å². The minimum Gasteiger partial charge on any atom is -0.436 e. The maximum atomic E-state index is 11.6. The number of aromatic nitrogens is 1. The lowest BCUT2D eigenvalue weighted by Crippen LogP contribution is -2.02. The fourth-order valence-electron chi connectivity index (χ4n) is 1.41. The summed E-state index contributed by atoms with van der Waals surface area (Å²) in [7, 11) is -3.39. The molecule has 0 amide bonds. The lowest BCUT2D eigenvalue weighted by molar-refractivity contribution is 0.449. The zero-order valence-electron chi connectivity index (χ0n) is 9.70. The monoisotopic (exact) mass is 264 g/mol. The SMILES string of the molecule is CS(=O)(=O)c1cccnc1Oc1ccccc1N. The molecule has 0 saturated heterocycles. The summed E-state index contributed by atoms with van der Waals surface area (Å²) in [4.78, 5) is 3.96. The molecular formula is C12H12N2O3S. The van der Waals surface area contributed by atoms with Crippen LogP contribution in [0.25, 0.3) is 0 Å². The Kier molecular flexibility index (Phi) is 3.20. The van der Waals surface area contributed by atoms with Gasteiger partial charge in [0.2, 0.25) is 5.88 Å². The Balaban J connectivity index is 2.45. The largest absolute Gasteiger partial charge is 0.436 e. The first kappa shape index (κ1) is 12.4. The number of hydrogen-bond donors (Lipinski definition) is 1. The molecule has 6 heteroatoms. The highest BCUT2D eigenvalue weighted by atomic mass is 32.2. The Labute approximate surface area is 105 Å². The van der Waals surface area contributed by atoms with Gasteiger partial charge in [-0.3, -0.25) is 0 Å². The number of hydrogen-bond acceptors (Lipinski definition) is 5. The number of pyridine rings is 1. The Bertz CT molecular complexity index is 669. The van der Waals surface area contributed by atoms with E-state index < -0.39 is 9.84 Å². The van der Waals surface area contributed by atoms with Gasteiger partial charge < -0.3 is 10.5 Å². The lowest BCUT2D eigenvalue weighted by atomic mass is 10.3. The van der Waals surface area contributed by atoms with Crippen LogP contribution < -0.4 is 10.5 Å². The van der Waals surface area contributed by atoms with Gasteiger partial charge in [0.05, 0.1) is 5.69 Å². The molecule has 94 valence electrons. The van der Waals surface area contributed by atoms with Gasteiger partial charge in [-0.15, -0.1) is 0 Å². The van der Waals surface area contributed by atoms with E-state index >= 15 is 0 Å². The number of anilines is 1. The first-order valence-electron chi connectivity index (χ1n) is 5.16. The molecule has 2 N–H and O–H groups in total. The molecule has 0 spiro atoms. The highest BCUT2D eigenvalue weighted by molar-refractivity contribution is 7.90. The lowest BCUT2D eigenvalue weighted by Gasteiger charge is -2.09. The van der Waals surface area contributed by atoms with Crippen molar-refractivity contribution in [3.63, 3.8) is 0 Å². The van der Waals surface area contributed by atoms with Gasteiger partial charge in [0.1, 0.15) is 4.90 Å². The number of nitrogens with two attached hydrogens (primary N) is 1. The molecule has 2 aromatic rings. The van der Waals surface area contributed by atoms with Gasteiger partial charge in [0, 0.05) is 12.5 Å². The molecule has 0 unspecified atom stereocenters. The van der Waals surface area contributed by atoms with Gasteiger partial charge in [0.15, 0.2) is 15.6 Å². The van der Waals surface area contributed by atoms with Crippen molar-refractivity contribution in [3.8, 4) is 11.6 Å². The normalized spacial score (nSPS) is 11.2. The van der Waals surface area contributed by atoms with E-state index in [1.54, 1.807) is 24.3 Å². The van der Waals surface area contributed by atoms with Crippen molar-refractivity contribution >= 4 is 15.5 Å². The average molecular weight is 264 g/mol. The number of benzene rings is 1. The second-order valence-electron chi connectivity index (χ2n) is 3.72. The summed E-state index contributed by atoms with van der Waals surface area (Å²) in [6, 6.07) is 9.80. The summed E-state index contributed by atoms with van der Waals surface area (Å²) in [6.45, 7) is 0. The van der Waals surface area contributed by atoms with E-state index in [1.165, 1.54) is 18.3 Å². The van der Waals surface area contributed by atoms with E-state index in [1.807, 2.05) is 0 Å². The quantitative estimate of drug-likeness (QED) is 0.855. The third-order valence-electron chi connectivity index (χ3n) is 2.26. The topological polar surface area (TPSA) is 82.3 Å². The van der Waals surface area contributed by atoms with E-state index in [0.29, 0.717) is 11.4 Å². The van der Waals surface area contributed by atoms with Crippen molar-refractivity contribution < 1.29 is 13.2 Å². The Morgan fingerprint density at radius 2 is 1.89 bits per heavy atom. The van der Waals surface area contributed by atoms with E-state index in [0.717, 1.165) is 6.26 Å². The zero-order chi connectivity index (χ0) is 13.2. The molecule has 1 heterocycles. The standard InChI is InChI=1S/C12H12N2O3S/c1-18(15,16)11-7-4-8-14-12(11)17-10-6-3-2-5-9(10)13/h2-8H,13H2,1H3. The second kappa shape index (κ2) is 4.66. The van der Waals surface area contributed by atoms with Crippen molar-refractivity contribution in [1.29, 1.82) is 0 Å². The summed E-state index contributed by atoms with van der Waals surface area (Å²) < 4.78 is 28.6. The van der Waals surface area contributed by atoms with Crippen LogP contribution in [0.15, 0.2) is 47.5 Å². The van der Waals surface area contributed by atoms with Crippen LogP contribution in [0.1, 0.15) is 0 Å². The van der Waals surface area contributed by atoms with Gasteiger partial charge in [-0.2, -0.15) is 0 Å². The summed E-state index contributed by atoms with van der Waals surface area (Å²) in [5, 5.41) is 0. The molecule has 1 aromatic heterocycles. The second-order valence-corrected chi connectivity index (χ2v) is 5.70. The van der Waals surface area contributed by atoms with Crippen molar-refractivity contribution in [2.75, 3.05) is 12.0 Å². The minimum atomic E-state index is -3.39. The highest BCUT2D eigenvalue weighted by Crippen LogP contribution is 2.29. The molecule has 5 nitrogen and oxygen atoms in total. The predicted octanol–water partition coefficient (Wildman–Crippen LogP) is 1.86. The molecule has 1 aromatic carbocycles. The van der Waals surface area contributed by atoms with Crippen LogP contribution in [0, 0.1) is 0 Å². The number of sulfone groups is 1. The van der Waals surface area contributed by atoms with Crippen LogP contribution in [0.4, 0.5) is 5.69 Å².